The van der Waals surface area contributed by atoms with Gasteiger partial charge in [-0.25, -0.2) is 14.2 Å². The molecule has 0 saturated carbocycles. The van der Waals surface area contributed by atoms with E-state index in [1.165, 1.54) is 23.2 Å². The lowest BCUT2D eigenvalue weighted by molar-refractivity contribution is 0.0695. The average molecular weight is 303 g/mol. The number of carboxylic acid groups (broad SMARTS) is 1. The van der Waals surface area contributed by atoms with Gasteiger partial charge in [-0.05, 0) is 13.0 Å². The van der Waals surface area contributed by atoms with Crippen molar-refractivity contribution in [2.24, 2.45) is 0 Å². The van der Waals surface area contributed by atoms with E-state index in [9.17, 15) is 14.0 Å². The molecule has 1 N–H and O–H groups in total. The largest absolute Gasteiger partial charge is 0.477 e. The Hall–Kier alpha value is -3.03. The van der Waals surface area contributed by atoms with Crippen LogP contribution in [0.2, 0.25) is 0 Å². The van der Waals surface area contributed by atoms with Crippen molar-refractivity contribution in [2.45, 2.75) is 13.5 Å². The van der Waals surface area contributed by atoms with Crippen LogP contribution in [-0.4, -0.2) is 25.8 Å². The summed E-state index contributed by atoms with van der Waals surface area (Å²) in [6, 6.07) is 0.992. The highest BCUT2D eigenvalue weighted by molar-refractivity contribution is 5.92. The Morgan fingerprint density at radius 1 is 1.50 bits per heavy atom. The standard InChI is InChI=1S/C14H10FN3O4/c1-2-18-5-9(14(20)21)12(19)8-3-10(15)11(17-13(8)18)7-4-16-22-6-7/h3-6H,2H2,1H3,(H,20,21). The molecule has 0 aliphatic carbocycles. The van der Waals surface area contributed by atoms with E-state index >= 15 is 0 Å². The number of rotatable bonds is 3. The van der Waals surface area contributed by atoms with Gasteiger partial charge in [-0.3, -0.25) is 4.79 Å². The van der Waals surface area contributed by atoms with Crippen LogP contribution in [0.15, 0.2) is 34.0 Å². The average Bonchev–Trinajstić information content (AvgIpc) is 3.01. The van der Waals surface area contributed by atoms with Crippen LogP contribution >= 0.6 is 0 Å². The highest BCUT2D eigenvalue weighted by atomic mass is 19.1. The van der Waals surface area contributed by atoms with Gasteiger partial charge in [0.2, 0.25) is 5.43 Å². The molecule has 3 heterocycles. The van der Waals surface area contributed by atoms with Gasteiger partial charge in [0.25, 0.3) is 0 Å². The second-order valence-electron chi connectivity index (χ2n) is 4.57. The van der Waals surface area contributed by atoms with E-state index in [0.29, 0.717) is 12.1 Å². The fourth-order valence-electron chi connectivity index (χ4n) is 2.20. The number of hydrogen-bond acceptors (Lipinski definition) is 5. The summed E-state index contributed by atoms with van der Waals surface area (Å²) in [6.07, 6.45) is 3.74. The van der Waals surface area contributed by atoms with Crippen molar-refractivity contribution in [3.05, 3.63) is 46.3 Å². The summed E-state index contributed by atoms with van der Waals surface area (Å²) in [5.41, 5.74) is -0.672. The zero-order chi connectivity index (χ0) is 15.9. The van der Waals surface area contributed by atoms with Gasteiger partial charge in [0.05, 0.1) is 17.1 Å². The van der Waals surface area contributed by atoms with Gasteiger partial charge in [0, 0.05) is 12.7 Å². The van der Waals surface area contributed by atoms with Crippen LogP contribution < -0.4 is 5.43 Å². The first kappa shape index (κ1) is 13.9. The van der Waals surface area contributed by atoms with Gasteiger partial charge < -0.3 is 14.2 Å². The Kier molecular flexibility index (Phi) is 3.21. The third kappa shape index (κ3) is 2.05. The number of aromatic nitrogens is 3. The molecule has 0 aromatic carbocycles. The molecule has 8 heteroatoms. The summed E-state index contributed by atoms with van der Waals surface area (Å²) in [5, 5.41) is 12.5. The van der Waals surface area contributed by atoms with E-state index in [1.54, 1.807) is 6.92 Å². The van der Waals surface area contributed by atoms with Gasteiger partial charge >= 0.3 is 5.97 Å². The number of aromatic carboxylic acids is 1. The molecular formula is C14H10FN3O4. The van der Waals surface area contributed by atoms with Crippen LogP contribution in [0.5, 0.6) is 0 Å². The summed E-state index contributed by atoms with van der Waals surface area (Å²) < 4.78 is 20.4. The van der Waals surface area contributed by atoms with Crippen molar-refractivity contribution in [2.75, 3.05) is 0 Å². The van der Waals surface area contributed by atoms with E-state index in [0.717, 1.165) is 6.07 Å². The Bertz CT molecular complexity index is 931. The van der Waals surface area contributed by atoms with Gasteiger partial charge in [0.15, 0.2) is 5.82 Å². The van der Waals surface area contributed by atoms with E-state index in [-0.39, 0.29) is 16.7 Å². The predicted octanol–water partition coefficient (Wildman–Crippen LogP) is 1.91. The minimum absolute atomic E-state index is 0.0153. The number of fused-ring (bicyclic) bond motifs is 1. The molecule has 3 aromatic rings. The number of carbonyl (C=O) groups is 1. The van der Waals surface area contributed by atoms with E-state index in [4.69, 9.17) is 5.11 Å². The maximum absolute atomic E-state index is 14.2. The number of nitrogens with zero attached hydrogens (tertiary/aromatic N) is 3. The lowest BCUT2D eigenvalue weighted by Gasteiger charge is -2.10. The minimum atomic E-state index is -1.36. The second-order valence-corrected chi connectivity index (χ2v) is 4.57. The third-order valence-corrected chi connectivity index (χ3v) is 3.28. The molecule has 0 radical (unpaired) electrons. The summed E-state index contributed by atoms with van der Waals surface area (Å²) in [7, 11) is 0. The second kappa shape index (κ2) is 5.06. The first-order valence-electron chi connectivity index (χ1n) is 6.39. The molecule has 0 saturated heterocycles. The Labute approximate surface area is 122 Å². The van der Waals surface area contributed by atoms with Crippen molar-refractivity contribution in [1.82, 2.24) is 14.7 Å². The lowest BCUT2D eigenvalue weighted by Crippen LogP contribution is -2.19. The molecule has 22 heavy (non-hydrogen) atoms. The van der Waals surface area contributed by atoms with Crippen LogP contribution in [0.4, 0.5) is 4.39 Å². The SMILES string of the molecule is CCn1cc(C(=O)O)c(=O)c2cc(F)c(-c3cnoc3)nc21. The number of aryl methyl sites for hydroxylation is 1. The smallest absolute Gasteiger partial charge is 0.341 e. The normalized spacial score (nSPS) is 11.0. The summed E-state index contributed by atoms with van der Waals surface area (Å²) in [6.45, 7) is 2.14. The van der Waals surface area contributed by atoms with Crippen LogP contribution in [-0.2, 0) is 6.54 Å². The monoisotopic (exact) mass is 303 g/mol. The zero-order valence-corrected chi connectivity index (χ0v) is 11.4. The Morgan fingerprint density at radius 3 is 2.86 bits per heavy atom. The molecule has 0 bridgehead atoms. The molecule has 0 spiro atoms. The summed E-state index contributed by atoms with van der Waals surface area (Å²) >= 11 is 0. The molecule has 7 nitrogen and oxygen atoms in total. The van der Waals surface area contributed by atoms with Gasteiger partial charge in [0.1, 0.15) is 23.2 Å². The molecule has 0 aliphatic rings. The molecule has 0 aliphatic heterocycles. The fraction of sp³-hybridized carbons (Fsp3) is 0.143. The summed E-state index contributed by atoms with van der Waals surface area (Å²) in [4.78, 5) is 27.4. The van der Waals surface area contributed by atoms with E-state index < -0.39 is 22.8 Å². The topological polar surface area (TPSA) is 98.2 Å². The highest BCUT2D eigenvalue weighted by Gasteiger charge is 2.18. The van der Waals surface area contributed by atoms with E-state index in [1.807, 2.05) is 0 Å². The zero-order valence-electron chi connectivity index (χ0n) is 11.4. The highest BCUT2D eigenvalue weighted by Crippen LogP contribution is 2.23. The molecule has 0 amide bonds. The molecule has 3 aromatic heterocycles. The quantitative estimate of drug-likeness (QED) is 0.793. The third-order valence-electron chi connectivity index (χ3n) is 3.28. The lowest BCUT2D eigenvalue weighted by atomic mass is 10.1. The molecule has 0 unspecified atom stereocenters. The van der Waals surface area contributed by atoms with Crippen LogP contribution in [0.3, 0.4) is 0 Å². The van der Waals surface area contributed by atoms with Crippen molar-refractivity contribution in [3.8, 4) is 11.3 Å². The number of halogens is 1. The number of hydrogen-bond donors (Lipinski definition) is 1. The van der Waals surface area contributed by atoms with Gasteiger partial charge in [-0.2, -0.15) is 0 Å². The molecule has 0 fully saturated rings. The molecule has 112 valence electrons. The Morgan fingerprint density at radius 2 is 2.27 bits per heavy atom. The predicted molar refractivity (Wildman–Crippen MR) is 74.1 cm³/mol. The molecule has 0 atom stereocenters. The van der Waals surface area contributed by atoms with Gasteiger partial charge in [-0.15, -0.1) is 0 Å². The number of pyridine rings is 2. The van der Waals surface area contributed by atoms with Crippen molar-refractivity contribution in [3.63, 3.8) is 0 Å². The van der Waals surface area contributed by atoms with E-state index in [2.05, 4.69) is 14.7 Å². The van der Waals surface area contributed by atoms with Crippen LogP contribution in [0, 0.1) is 5.82 Å². The maximum Gasteiger partial charge on any atom is 0.341 e. The molecule has 3 rings (SSSR count). The number of carboxylic acids is 1. The minimum Gasteiger partial charge on any atom is -0.477 e. The maximum atomic E-state index is 14.2. The first-order valence-corrected chi connectivity index (χ1v) is 6.39. The van der Waals surface area contributed by atoms with Crippen molar-refractivity contribution >= 4 is 17.0 Å². The van der Waals surface area contributed by atoms with Crippen LogP contribution in [0.1, 0.15) is 17.3 Å². The van der Waals surface area contributed by atoms with Crippen LogP contribution in [0.25, 0.3) is 22.3 Å². The molecular weight excluding hydrogens is 293 g/mol. The Balaban J connectivity index is 2.40. The fourth-order valence-corrected chi connectivity index (χ4v) is 2.20. The van der Waals surface area contributed by atoms with Crippen molar-refractivity contribution in [1.29, 1.82) is 0 Å². The first-order chi connectivity index (χ1) is 10.5. The summed E-state index contributed by atoms with van der Waals surface area (Å²) in [5.74, 6) is -2.12. The van der Waals surface area contributed by atoms with Gasteiger partial charge in [-0.1, -0.05) is 5.16 Å². The van der Waals surface area contributed by atoms with Crippen molar-refractivity contribution < 1.29 is 18.8 Å².